The molecule has 0 aliphatic carbocycles. The maximum absolute atomic E-state index is 11.9. The third kappa shape index (κ3) is 4.38. The summed E-state index contributed by atoms with van der Waals surface area (Å²) in [4.78, 5) is 11.9. The third-order valence-electron chi connectivity index (χ3n) is 2.91. The van der Waals surface area contributed by atoms with Gasteiger partial charge in [0, 0.05) is 17.3 Å². The predicted molar refractivity (Wildman–Crippen MR) is 79.7 cm³/mol. The summed E-state index contributed by atoms with van der Waals surface area (Å²) >= 11 is 5.94. The Labute approximate surface area is 123 Å². The highest BCUT2D eigenvalue weighted by Gasteiger charge is 2.09. The zero-order chi connectivity index (χ0) is 14.5. The van der Waals surface area contributed by atoms with Crippen molar-refractivity contribution in [1.82, 2.24) is 15.1 Å². The van der Waals surface area contributed by atoms with Gasteiger partial charge in [-0.2, -0.15) is 5.10 Å². The molecule has 4 nitrogen and oxygen atoms in total. The molecular formula is C15H18ClN3O. The van der Waals surface area contributed by atoms with Gasteiger partial charge in [-0.15, -0.1) is 0 Å². The minimum Gasteiger partial charge on any atom is -0.352 e. The summed E-state index contributed by atoms with van der Waals surface area (Å²) in [5.74, 6) is -0.0392. The lowest BCUT2D eigenvalue weighted by Crippen LogP contribution is -2.36. The van der Waals surface area contributed by atoms with Crippen molar-refractivity contribution in [2.75, 3.05) is 0 Å². The SMILES string of the molecule is Cc1cnn(CC(=O)N[C@@H](C)Cc2cccc(Cl)c2)c1. The van der Waals surface area contributed by atoms with E-state index >= 15 is 0 Å². The summed E-state index contributed by atoms with van der Waals surface area (Å²) in [6.07, 6.45) is 4.34. The number of benzene rings is 1. The van der Waals surface area contributed by atoms with E-state index in [9.17, 15) is 4.79 Å². The molecule has 0 radical (unpaired) electrons. The smallest absolute Gasteiger partial charge is 0.241 e. The maximum Gasteiger partial charge on any atom is 0.241 e. The molecule has 0 fully saturated rings. The van der Waals surface area contributed by atoms with Gasteiger partial charge in [0.1, 0.15) is 6.54 Å². The van der Waals surface area contributed by atoms with E-state index < -0.39 is 0 Å². The average molecular weight is 292 g/mol. The molecule has 1 aromatic heterocycles. The molecule has 0 aliphatic rings. The monoisotopic (exact) mass is 291 g/mol. The second kappa shape index (κ2) is 6.57. The van der Waals surface area contributed by atoms with Crippen LogP contribution in [0.4, 0.5) is 0 Å². The summed E-state index contributed by atoms with van der Waals surface area (Å²) in [5.41, 5.74) is 2.16. The van der Waals surface area contributed by atoms with Crippen molar-refractivity contribution in [2.45, 2.75) is 32.9 Å². The highest BCUT2D eigenvalue weighted by atomic mass is 35.5. The number of carbonyl (C=O) groups excluding carboxylic acids is 1. The van der Waals surface area contributed by atoms with Crippen LogP contribution in [0.15, 0.2) is 36.7 Å². The van der Waals surface area contributed by atoms with Crippen molar-refractivity contribution in [3.63, 3.8) is 0 Å². The zero-order valence-electron chi connectivity index (χ0n) is 11.6. The summed E-state index contributed by atoms with van der Waals surface area (Å²) in [5, 5.41) is 7.78. The Morgan fingerprint density at radius 2 is 2.30 bits per heavy atom. The second-order valence-electron chi connectivity index (χ2n) is 5.02. The predicted octanol–water partition coefficient (Wildman–Crippen LogP) is 2.59. The van der Waals surface area contributed by atoms with E-state index in [0.717, 1.165) is 17.5 Å². The van der Waals surface area contributed by atoms with E-state index in [0.29, 0.717) is 5.02 Å². The Balaban J connectivity index is 1.84. The van der Waals surface area contributed by atoms with Crippen LogP contribution in [-0.2, 0) is 17.8 Å². The van der Waals surface area contributed by atoms with E-state index in [2.05, 4.69) is 10.4 Å². The Kier molecular flexibility index (Phi) is 4.79. The summed E-state index contributed by atoms with van der Waals surface area (Å²) in [6, 6.07) is 7.73. The Morgan fingerprint density at radius 1 is 1.50 bits per heavy atom. The average Bonchev–Trinajstić information content (AvgIpc) is 2.74. The molecule has 5 heteroatoms. The number of aromatic nitrogens is 2. The number of rotatable bonds is 5. The lowest BCUT2D eigenvalue weighted by Gasteiger charge is -2.14. The molecule has 0 bridgehead atoms. The van der Waals surface area contributed by atoms with Gasteiger partial charge in [-0.3, -0.25) is 9.48 Å². The minimum absolute atomic E-state index is 0.0392. The molecular weight excluding hydrogens is 274 g/mol. The van der Waals surface area contributed by atoms with Crippen LogP contribution in [0.2, 0.25) is 5.02 Å². The van der Waals surface area contributed by atoms with Crippen LogP contribution in [0, 0.1) is 6.92 Å². The maximum atomic E-state index is 11.9. The Hall–Kier alpha value is -1.81. The number of nitrogens with one attached hydrogen (secondary N) is 1. The van der Waals surface area contributed by atoms with Crippen molar-refractivity contribution in [2.24, 2.45) is 0 Å². The minimum atomic E-state index is -0.0392. The van der Waals surface area contributed by atoms with E-state index in [1.165, 1.54) is 0 Å². The molecule has 0 aliphatic heterocycles. The number of hydrogen-bond acceptors (Lipinski definition) is 2. The van der Waals surface area contributed by atoms with Crippen LogP contribution < -0.4 is 5.32 Å². The molecule has 2 aromatic rings. The molecule has 0 saturated heterocycles. The van der Waals surface area contributed by atoms with Gasteiger partial charge in [0.2, 0.25) is 5.91 Å². The van der Waals surface area contributed by atoms with Gasteiger partial charge in [0.15, 0.2) is 0 Å². The summed E-state index contributed by atoms with van der Waals surface area (Å²) < 4.78 is 1.64. The highest BCUT2D eigenvalue weighted by molar-refractivity contribution is 6.30. The molecule has 20 heavy (non-hydrogen) atoms. The molecule has 0 unspecified atom stereocenters. The van der Waals surface area contributed by atoms with E-state index in [1.54, 1.807) is 10.9 Å². The van der Waals surface area contributed by atoms with Gasteiger partial charge in [-0.05, 0) is 43.5 Å². The first-order valence-corrected chi connectivity index (χ1v) is 6.93. The normalized spacial score (nSPS) is 12.2. The van der Waals surface area contributed by atoms with Gasteiger partial charge in [0.25, 0.3) is 0 Å². The molecule has 1 N–H and O–H groups in total. The topological polar surface area (TPSA) is 46.9 Å². The van der Waals surface area contributed by atoms with Crippen molar-refractivity contribution in [3.05, 3.63) is 52.8 Å². The molecule has 0 saturated carbocycles. The summed E-state index contributed by atoms with van der Waals surface area (Å²) in [7, 11) is 0. The Bertz CT molecular complexity index is 594. The summed E-state index contributed by atoms with van der Waals surface area (Å²) in [6.45, 7) is 4.17. The highest BCUT2D eigenvalue weighted by Crippen LogP contribution is 2.12. The van der Waals surface area contributed by atoms with E-state index in [-0.39, 0.29) is 18.5 Å². The van der Waals surface area contributed by atoms with Crippen molar-refractivity contribution < 1.29 is 4.79 Å². The van der Waals surface area contributed by atoms with Crippen molar-refractivity contribution in [1.29, 1.82) is 0 Å². The fourth-order valence-electron chi connectivity index (χ4n) is 2.09. The van der Waals surface area contributed by atoms with Crippen molar-refractivity contribution in [3.8, 4) is 0 Å². The van der Waals surface area contributed by atoms with Crippen LogP contribution in [0.3, 0.4) is 0 Å². The molecule has 1 atom stereocenters. The van der Waals surface area contributed by atoms with E-state index in [1.807, 2.05) is 44.3 Å². The third-order valence-corrected chi connectivity index (χ3v) is 3.14. The van der Waals surface area contributed by atoms with Gasteiger partial charge in [0.05, 0.1) is 6.20 Å². The molecule has 1 amide bonds. The van der Waals surface area contributed by atoms with Gasteiger partial charge in [-0.25, -0.2) is 0 Å². The molecule has 1 aromatic carbocycles. The number of aryl methyl sites for hydroxylation is 1. The van der Waals surface area contributed by atoms with Crippen molar-refractivity contribution >= 4 is 17.5 Å². The number of amides is 1. The van der Waals surface area contributed by atoms with Gasteiger partial charge >= 0.3 is 0 Å². The van der Waals surface area contributed by atoms with Gasteiger partial charge < -0.3 is 5.32 Å². The molecule has 1 heterocycles. The number of hydrogen-bond donors (Lipinski definition) is 1. The second-order valence-corrected chi connectivity index (χ2v) is 5.45. The van der Waals surface area contributed by atoms with Crippen LogP contribution in [0.25, 0.3) is 0 Å². The first-order chi connectivity index (χ1) is 9.52. The lowest BCUT2D eigenvalue weighted by atomic mass is 10.1. The largest absolute Gasteiger partial charge is 0.352 e. The quantitative estimate of drug-likeness (QED) is 0.920. The molecule has 106 valence electrons. The molecule has 2 rings (SSSR count). The number of halogens is 1. The van der Waals surface area contributed by atoms with Crippen LogP contribution in [-0.4, -0.2) is 21.7 Å². The van der Waals surface area contributed by atoms with Gasteiger partial charge in [-0.1, -0.05) is 23.7 Å². The van der Waals surface area contributed by atoms with Crippen LogP contribution in [0.5, 0.6) is 0 Å². The first kappa shape index (κ1) is 14.6. The zero-order valence-corrected chi connectivity index (χ0v) is 12.4. The fraction of sp³-hybridized carbons (Fsp3) is 0.333. The number of carbonyl (C=O) groups is 1. The fourth-order valence-corrected chi connectivity index (χ4v) is 2.30. The molecule has 0 spiro atoms. The standard InChI is InChI=1S/C15H18ClN3O/c1-11-8-17-19(9-11)10-15(20)18-12(2)6-13-4-3-5-14(16)7-13/h3-5,7-9,12H,6,10H2,1-2H3,(H,18,20)/t12-/m0/s1. The van der Waals surface area contributed by atoms with E-state index in [4.69, 9.17) is 11.6 Å². The number of nitrogens with zero attached hydrogens (tertiary/aromatic N) is 2. The first-order valence-electron chi connectivity index (χ1n) is 6.56. The van der Waals surface area contributed by atoms with Crippen LogP contribution in [0.1, 0.15) is 18.1 Å². The lowest BCUT2D eigenvalue weighted by molar-refractivity contribution is -0.122. The Morgan fingerprint density at radius 3 is 2.95 bits per heavy atom. The van der Waals surface area contributed by atoms with Crippen LogP contribution >= 0.6 is 11.6 Å².